The van der Waals surface area contributed by atoms with E-state index in [0.29, 0.717) is 16.7 Å². The van der Waals surface area contributed by atoms with Crippen molar-refractivity contribution < 1.29 is 9.47 Å². The summed E-state index contributed by atoms with van der Waals surface area (Å²) in [6, 6.07) is 11.4. The SMILES string of the molecule is COCCCNCc1cc(Br)ccc1OCc1ccc(Cl)cc1Cl. The molecule has 24 heavy (non-hydrogen) atoms. The molecule has 0 spiro atoms. The van der Waals surface area contributed by atoms with E-state index in [4.69, 9.17) is 32.7 Å². The number of rotatable bonds is 9. The summed E-state index contributed by atoms with van der Waals surface area (Å²) in [4.78, 5) is 0. The third-order valence-corrected chi connectivity index (χ3v) is 4.52. The van der Waals surface area contributed by atoms with E-state index in [0.717, 1.165) is 47.5 Å². The molecule has 0 heterocycles. The van der Waals surface area contributed by atoms with Crippen molar-refractivity contribution in [1.82, 2.24) is 5.32 Å². The first-order valence-electron chi connectivity index (χ1n) is 7.65. The lowest BCUT2D eigenvalue weighted by molar-refractivity contribution is 0.194. The average Bonchev–Trinajstić information content (AvgIpc) is 2.55. The van der Waals surface area contributed by atoms with E-state index in [1.54, 1.807) is 13.2 Å². The highest BCUT2D eigenvalue weighted by Gasteiger charge is 2.07. The normalized spacial score (nSPS) is 10.8. The number of benzene rings is 2. The van der Waals surface area contributed by atoms with Crippen molar-refractivity contribution in [3.05, 3.63) is 62.0 Å². The summed E-state index contributed by atoms with van der Waals surface area (Å²) in [5.74, 6) is 0.837. The highest BCUT2D eigenvalue weighted by atomic mass is 79.9. The maximum absolute atomic E-state index is 6.20. The molecule has 0 unspecified atom stereocenters. The summed E-state index contributed by atoms with van der Waals surface area (Å²) in [5, 5.41) is 4.63. The van der Waals surface area contributed by atoms with Gasteiger partial charge < -0.3 is 14.8 Å². The van der Waals surface area contributed by atoms with Crippen molar-refractivity contribution in [3.63, 3.8) is 0 Å². The number of hydrogen-bond donors (Lipinski definition) is 1. The summed E-state index contributed by atoms with van der Waals surface area (Å²) in [7, 11) is 1.71. The van der Waals surface area contributed by atoms with Crippen LogP contribution in [0.25, 0.3) is 0 Å². The van der Waals surface area contributed by atoms with Crippen LogP contribution in [0.3, 0.4) is 0 Å². The van der Waals surface area contributed by atoms with Crippen LogP contribution in [0.4, 0.5) is 0 Å². The maximum Gasteiger partial charge on any atom is 0.124 e. The van der Waals surface area contributed by atoms with Gasteiger partial charge in [0.05, 0.1) is 0 Å². The lowest BCUT2D eigenvalue weighted by Gasteiger charge is -2.14. The average molecular weight is 433 g/mol. The minimum absolute atomic E-state index is 0.397. The Morgan fingerprint density at radius 3 is 2.67 bits per heavy atom. The van der Waals surface area contributed by atoms with Crippen LogP contribution in [0.5, 0.6) is 5.75 Å². The zero-order chi connectivity index (χ0) is 17.4. The van der Waals surface area contributed by atoms with Gasteiger partial charge in [0.2, 0.25) is 0 Å². The molecule has 6 heteroatoms. The zero-order valence-electron chi connectivity index (χ0n) is 13.5. The molecule has 2 aromatic carbocycles. The van der Waals surface area contributed by atoms with Crippen LogP contribution in [-0.4, -0.2) is 20.3 Å². The van der Waals surface area contributed by atoms with E-state index in [1.807, 2.05) is 24.3 Å². The van der Waals surface area contributed by atoms with Gasteiger partial charge in [0.15, 0.2) is 0 Å². The van der Waals surface area contributed by atoms with E-state index in [9.17, 15) is 0 Å². The topological polar surface area (TPSA) is 30.5 Å². The van der Waals surface area contributed by atoms with E-state index in [2.05, 4.69) is 27.3 Å². The van der Waals surface area contributed by atoms with Crippen LogP contribution in [0.15, 0.2) is 40.9 Å². The van der Waals surface area contributed by atoms with E-state index >= 15 is 0 Å². The van der Waals surface area contributed by atoms with Crippen LogP contribution in [0.1, 0.15) is 17.5 Å². The van der Waals surface area contributed by atoms with Gasteiger partial charge in [-0.1, -0.05) is 45.2 Å². The molecule has 0 radical (unpaired) electrons. The first kappa shape index (κ1) is 19.5. The third-order valence-electron chi connectivity index (χ3n) is 3.44. The Bertz CT molecular complexity index is 667. The Labute approximate surface area is 161 Å². The number of halogens is 3. The van der Waals surface area contributed by atoms with Gasteiger partial charge in [-0.15, -0.1) is 0 Å². The van der Waals surface area contributed by atoms with Gasteiger partial charge in [-0.25, -0.2) is 0 Å². The van der Waals surface area contributed by atoms with Gasteiger partial charge in [-0.05, 0) is 43.3 Å². The van der Waals surface area contributed by atoms with Crippen molar-refractivity contribution in [3.8, 4) is 5.75 Å². The molecule has 0 aliphatic rings. The van der Waals surface area contributed by atoms with Crippen LogP contribution < -0.4 is 10.1 Å². The molecule has 0 bridgehead atoms. The van der Waals surface area contributed by atoms with Crippen molar-refractivity contribution >= 4 is 39.1 Å². The summed E-state index contributed by atoms with van der Waals surface area (Å²) >= 11 is 15.6. The molecule has 0 saturated heterocycles. The molecular weight excluding hydrogens is 413 g/mol. The lowest BCUT2D eigenvalue weighted by atomic mass is 10.2. The van der Waals surface area contributed by atoms with Gasteiger partial charge >= 0.3 is 0 Å². The van der Waals surface area contributed by atoms with Gasteiger partial charge in [0.1, 0.15) is 12.4 Å². The molecule has 0 fully saturated rings. The third kappa shape index (κ3) is 6.26. The van der Waals surface area contributed by atoms with Crippen LogP contribution >= 0.6 is 39.1 Å². The van der Waals surface area contributed by atoms with Gasteiger partial charge in [-0.2, -0.15) is 0 Å². The molecule has 0 aliphatic carbocycles. The lowest BCUT2D eigenvalue weighted by Crippen LogP contribution is -2.16. The second kappa shape index (κ2) is 10.3. The molecule has 0 amide bonds. The molecule has 2 aromatic rings. The van der Waals surface area contributed by atoms with E-state index in [1.165, 1.54) is 0 Å². The summed E-state index contributed by atoms with van der Waals surface area (Å²) in [6.45, 7) is 2.77. The summed E-state index contributed by atoms with van der Waals surface area (Å²) in [6.07, 6.45) is 0.973. The maximum atomic E-state index is 6.20. The second-order valence-corrected chi connectivity index (χ2v) is 7.06. The molecule has 3 nitrogen and oxygen atoms in total. The van der Waals surface area contributed by atoms with Crippen molar-refractivity contribution in [2.45, 2.75) is 19.6 Å². The molecule has 0 aliphatic heterocycles. The number of methoxy groups -OCH3 is 1. The Morgan fingerprint density at radius 2 is 1.92 bits per heavy atom. The highest BCUT2D eigenvalue weighted by molar-refractivity contribution is 9.10. The minimum atomic E-state index is 0.397. The summed E-state index contributed by atoms with van der Waals surface area (Å²) in [5.41, 5.74) is 2.00. The number of hydrogen-bond acceptors (Lipinski definition) is 3. The Hall–Kier alpha value is -0.780. The van der Waals surface area contributed by atoms with Crippen molar-refractivity contribution in [2.75, 3.05) is 20.3 Å². The van der Waals surface area contributed by atoms with Crippen LogP contribution in [0, 0.1) is 0 Å². The quantitative estimate of drug-likeness (QED) is 0.533. The second-order valence-electron chi connectivity index (χ2n) is 5.30. The predicted octanol–water partition coefficient (Wildman–Crippen LogP) is 5.46. The van der Waals surface area contributed by atoms with Gasteiger partial charge in [0, 0.05) is 45.9 Å². The minimum Gasteiger partial charge on any atom is -0.489 e. The molecule has 2 rings (SSSR count). The Kier molecular flexibility index (Phi) is 8.36. The summed E-state index contributed by atoms with van der Waals surface area (Å²) < 4.78 is 12.0. The van der Waals surface area contributed by atoms with E-state index in [-0.39, 0.29) is 0 Å². The van der Waals surface area contributed by atoms with Gasteiger partial charge in [0.25, 0.3) is 0 Å². The van der Waals surface area contributed by atoms with Crippen LogP contribution in [0.2, 0.25) is 10.0 Å². The fourth-order valence-corrected chi connectivity index (χ4v) is 3.06. The van der Waals surface area contributed by atoms with E-state index < -0.39 is 0 Å². The highest BCUT2D eigenvalue weighted by Crippen LogP contribution is 2.26. The first-order valence-corrected chi connectivity index (χ1v) is 9.20. The fraction of sp³-hybridized carbons (Fsp3) is 0.333. The smallest absolute Gasteiger partial charge is 0.124 e. The predicted molar refractivity (Wildman–Crippen MR) is 103 cm³/mol. The largest absolute Gasteiger partial charge is 0.489 e. The molecule has 0 atom stereocenters. The molecule has 130 valence electrons. The first-order chi connectivity index (χ1) is 11.6. The van der Waals surface area contributed by atoms with Gasteiger partial charge in [-0.3, -0.25) is 0 Å². The zero-order valence-corrected chi connectivity index (χ0v) is 16.5. The van der Waals surface area contributed by atoms with Crippen molar-refractivity contribution in [2.24, 2.45) is 0 Å². The number of nitrogens with one attached hydrogen (secondary N) is 1. The van der Waals surface area contributed by atoms with Crippen LogP contribution in [-0.2, 0) is 17.9 Å². The monoisotopic (exact) mass is 431 g/mol. The molecule has 1 N–H and O–H groups in total. The Morgan fingerprint density at radius 1 is 1.08 bits per heavy atom. The number of ether oxygens (including phenoxy) is 2. The molecular formula is C18H20BrCl2NO2. The van der Waals surface area contributed by atoms with Crippen molar-refractivity contribution in [1.29, 1.82) is 0 Å². The standard InChI is InChI=1S/C18H20BrCl2NO2/c1-23-8-2-7-22-11-14-9-15(19)4-6-18(14)24-12-13-3-5-16(20)10-17(13)21/h3-6,9-10,22H,2,7-8,11-12H2,1H3. The molecule has 0 aromatic heterocycles. The Balaban J connectivity index is 1.98. The fourth-order valence-electron chi connectivity index (χ4n) is 2.19. The molecule has 0 saturated carbocycles.